The van der Waals surface area contributed by atoms with Gasteiger partial charge in [0.05, 0.1) is 22.5 Å². The monoisotopic (exact) mass is 529 g/mol. The van der Waals surface area contributed by atoms with Crippen LogP contribution in [0.15, 0.2) is 35.2 Å². The number of rotatable bonds is 6. The molecular formula is C20H22F3N7O3S2. The summed E-state index contributed by atoms with van der Waals surface area (Å²) >= 11 is 0.919. The van der Waals surface area contributed by atoms with Gasteiger partial charge in [0.2, 0.25) is 11.9 Å². The molecule has 0 radical (unpaired) electrons. The van der Waals surface area contributed by atoms with Gasteiger partial charge in [-0.2, -0.15) is 17.5 Å². The lowest BCUT2D eigenvalue weighted by atomic mass is 9.95. The van der Waals surface area contributed by atoms with Gasteiger partial charge in [0, 0.05) is 44.0 Å². The van der Waals surface area contributed by atoms with E-state index in [1.807, 2.05) is 6.92 Å². The lowest BCUT2D eigenvalue weighted by Crippen LogP contribution is -2.47. The van der Waals surface area contributed by atoms with E-state index in [2.05, 4.69) is 20.3 Å². The van der Waals surface area contributed by atoms with Crippen molar-refractivity contribution in [2.24, 2.45) is 18.7 Å². The maximum atomic E-state index is 13.6. The van der Waals surface area contributed by atoms with Crippen molar-refractivity contribution < 1.29 is 26.4 Å². The minimum absolute atomic E-state index is 0.0279. The predicted molar refractivity (Wildman–Crippen MR) is 122 cm³/mol. The number of thiophene rings is 1. The van der Waals surface area contributed by atoms with Crippen LogP contribution in [0, 0.1) is 5.92 Å². The quantitative estimate of drug-likeness (QED) is 0.501. The third kappa shape index (κ3) is 5.16. The van der Waals surface area contributed by atoms with Crippen LogP contribution in [-0.2, 0) is 23.2 Å². The normalized spacial score (nSPS) is 19.6. The number of nitrogens with two attached hydrogens (primary N) is 1. The van der Waals surface area contributed by atoms with Crippen LogP contribution in [0.25, 0.3) is 10.6 Å². The molecule has 1 fully saturated rings. The van der Waals surface area contributed by atoms with Gasteiger partial charge in [0.15, 0.2) is 5.03 Å². The van der Waals surface area contributed by atoms with E-state index < -0.39 is 27.7 Å². The van der Waals surface area contributed by atoms with Crippen molar-refractivity contribution in [2.45, 2.75) is 30.6 Å². The minimum atomic E-state index is -4.71. The Morgan fingerprint density at radius 3 is 2.63 bits per heavy atom. The lowest BCUT2D eigenvalue weighted by molar-refractivity contribution is -0.137. The minimum Gasteiger partial charge on any atom is -0.366 e. The van der Waals surface area contributed by atoms with E-state index >= 15 is 0 Å². The first-order valence-electron chi connectivity index (χ1n) is 10.4. The average molecular weight is 530 g/mol. The molecule has 15 heteroatoms. The van der Waals surface area contributed by atoms with E-state index in [0.717, 1.165) is 11.3 Å². The number of aryl methyl sites for hydroxylation is 1. The molecule has 4 rings (SSSR count). The Bertz CT molecular complexity index is 1350. The van der Waals surface area contributed by atoms with Crippen LogP contribution in [0.3, 0.4) is 0 Å². The van der Waals surface area contributed by atoms with Gasteiger partial charge in [-0.25, -0.2) is 23.4 Å². The number of nitrogens with zero attached hydrogens (tertiary/aromatic N) is 5. The highest BCUT2D eigenvalue weighted by atomic mass is 32.2. The Kier molecular flexibility index (Phi) is 6.59. The molecule has 3 N–H and O–H groups in total. The molecule has 0 spiro atoms. The second kappa shape index (κ2) is 9.20. The molecular weight excluding hydrogens is 507 g/mol. The second-order valence-electron chi connectivity index (χ2n) is 8.27. The number of halogens is 3. The Balaban J connectivity index is 1.55. The van der Waals surface area contributed by atoms with Crippen molar-refractivity contribution in [2.75, 3.05) is 18.4 Å². The number of sulfonamides is 1. The number of carbonyl (C=O) groups excluding carboxylic acids is 1. The summed E-state index contributed by atoms with van der Waals surface area (Å²) in [6.07, 6.45) is -0.791. The molecule has 2 atom stereocenters. The van der Waals surface area contributed by atoms with Gasteiger partial charge >= 0.3 is 6.18 Å². The van der Waals surface area contributed by atoms with Crippen molar-refractivity contribution in [1.82, 2.24) is 23.8 Å². The third-order valence-electron chi connectivity index (χ3n) is 5.68. The van der Waals surface area contributed by atoms with Crippen LogP contribution in [0.4, 0.5) is 19.1 Å². The molecule has 0 unspecified atom stereocenters. The summed E-state index contributed by atoms with van der Waals surface area (Å²) in [7, 11) is -2.08. The number of anilines is 1. The van der Waals surface area contributed by atoms with Crippen LogP contribution < -0.4 is 11.1 Å². The smallest absolute Gasteiger partial charge is 0.366 e. The third-order valence-corrected chi connectivity index (χ3v) is 8.37. The van der Waals surface area contributed by atoms with Gasteiger partial charge in [-0.05, 0) is 18.4 Å². The number of imidazole rings is 1. The number of primary amides is 1. The molecule has 1 aliphatic heterocycles. The first kappa shape index (κ1) is 25.1. The molecule has 0 aromatic carbocycles. The maximum Gasteiger partial charge on any atom is 0.420 e. The van der Waals surface area contributed by atoms with Gasteiger partial charge in [-0.3, -0.25) is 4.79 Å². The van der Waals surface area contributed by atoms with Gasteiger partial charge in [-0.1, -0.05) is 6.92 Å². The fraction of sp³-hybridized carbons (Fsp3) is 0.400. The van der Waals surface area contributed by atoms with Crippen molar-refractivity contribution in [3.8, 4) is 10.6 Å². The van der Waals surface area contributed by atoms with Crippen LogP contribution in [0.5, 0.6) is 0 Å². The zero-order valence-electron chi connectivity index (χ0n) is 18.7. The fourth-order valence-corrected chi connectivity index (χ4v) is 6.22. The number of piperidine rings is 1. The topological polar surface area (TPSA) is 136 Å². The number of aromatic nitrogens is 4. The summed E-state index contributed by atoms with van der Waals surface area (Å²) in [5.41, 5.74) is 3.91. The highest BCUT2D eigenvalue weighted by Crippen LogP contribution is 2.38. The fourth-order valence-electron chi connectivity index (χ4n) is 3.80. The van der Waals surface area contributed by atoms with Crippen LogP contribution >= 0.6 is 11.3 Å². The summed E-state index contributed by atoms with van der Waals surface area (Å²) in [6, 6.07) is 0.983. The molecule has 0 bridgehead atoms. The summed E-state index contributed by atoms with van der Waals surface area (Å²) in [4.78, 5) is 23.4. The molecule has 1 aliphatic rings. The number of hydrogen-bond donors (Lipinski definition) is 2. The zero-order valence-corrected chi connectivity index (χ0v) is 20.3. The van der Waals surface area contributed by atoms with Gasteiger partial charge in [-0.15, -0.1) is 11.3 Å². The Hall–Kier alpha value is -3.04. The number of nitrogens with one attached hydrogen (secondary N) is 1. The van der Waals surface area contributed by atoms with E-state index in [1.165, 1.54) is 28.3 Å². The molecule has 3 aromatic heterocycles. The largest absolute Gasteiger partial charge is 0.420 e. The number of amides is 1. The van der Waals surface area contributed by atoms with E-state index in [0.29, 0.717) is 12.6 Å². The summed E-state index contributed by atoms with van der Waals surface area (Å²) in [5, 5.41) is 4.37. The van der Waals surface area contributed by atoms with Crippen molar-refractivity contribution in [3.05, 3.63) is 41.3 Å². The average Bonchev–Trinajstić information content (AvgIpc) is 3.44. The molecule has 1 amide bonds. The molecule has 4 heterocycles. The van der Waals surface area contributed by atoms with Crippen molar-refractivity contribution >= 4 is 33.2 Å². The molecule has 10 nitrogen and oxygen atoms in total. The van der Waals surface area contributed by atoms with E-state index in [9.17, 15) is 26.4 Å². The SMILES string of the molecule is C[C@@H]1CN(S(=O)(=O)c2cn(C)cn2)CC[C@@H]1Nc1ncc(C(F)(F)F)c(-c2cc(C(N)=O)cs2)n1. The van der Waals surface area contributed by atoms with E-state index in [-0.39, 0.29) is 52.2 Å². The first-order valence-corrected chi connectivity index (χ1v) is 12.8. The molecule has 3 aromatic rings. The molecule has 35 heavy (non-hydrogen) atoms. The number of hydrogen-bond acceptors (Lipinski definition) is 8. The van der Waals surface area contributed by atoms with Crippen LogP contribution in [0.2, 0.25) is 0 Å². The highest BCUT2D eigenvalue weighted by Gasteiger charge is 2.37. The summed E-state index contributed by atoms with van der Waals surface area (Å²) < 4.78 is 69.4. The predicted octanol–water partition coefficient (Wildman–Crippen LogP) is 2.57. The summed E-state index contributed by atoms with van der Waals surface area (Å²) in [6.45, 7) is 2.22. The first-order chi connectivity index (χ1) is 16.4. The van der Waals surface area contributed by atoms with Crippen LogP contribution in [0.1, 0.15) is 29.3 Å². The van der Waals surface area contributed by atoms with E-state index in [4.69, 9.17) is 5.73 Å². The number of alkyl halides is 3. The highest BCUT2D eigenvalue weighted by molar-refractivity contribution is 7.89. The summed E-state index contributed by atoms with van der Waals surface area (Å²) in [5.74, 6) is -0.977. The maximum absolute atomic E-state index is 13.6. The second-order valence-corrected chi connectivity index (χ2v) is 11.1. The van der Waals surface area contributed by atoms with Crippen LogP contribution in [-0.4, -0.2) is 57.3 Å². The van der Waals surface area contributed by atoms with E-state index in [1.54, 1.807) is 11.6 Å². The van der Waals surface area contributed by atoms with Crippen molar-refractivity contribution in [1.29, 1.82) is 0 Å². The zero-order chi connectivity index (χ0) is 25.5. The molecule has 188 valence electrons. The number of carbonyl (C=O) groups is 1. The van der Waals surface area contributed by atoms with Gasteiger partial charge in [0.25, 0.3) is 10.0 Å². The standard InChI is InChI=1S/C20H22F3N7O3S2/c1-11-7-30(35(32,33)16-8-29(2)10-26-16)4-3-14(11)27-19-25-6-13(20(21,22)23)17(28-19)15-5-12(9-34-15)18(24)31/h5-6,8-11,14H,3-4,7H2,1-2H3,(H2,24,31)(H,25,27,28)/t11-,14+/m1/s1. The Morgan fingerprint density at radius 1 is 1.31 bits per heavy atom. The van der Waals surface area contributed by atoms with Gasteiger partial charge in [0.1, 0.15) is 5.56 Å². The van der Waals surface area contributed by atoms with Gasteiger partial charge < -0.3 is 15.6 Å². The Morgan fingerprint density at radius 2 is 2.06 bits per heavy atom. The van der Waals surface area contributed by atoms with Crippen molar-refractivity contribution in [3.63, 3.8) is 0 Å². The molecule has 0 saturated carbocycles. The molecule has 1 saturated heterocycles. The lowest BCUT2D eigenvalue weighted by Gasteiger charge is -2.36. The Labute approximate surface area is 203 Å². The molecule has 0 aliphatic carbocycles.